The summed E-state index contributed by atoms with van der Waals surface area (Å²) in [7, 11) is 0. The van der Waals surface area contributed by atoms with Crippen molar-refractivity contribution in [3.63, 3.8) is 0 Å². The molecule has 0 fully saturated rings. The number of halogens is 7. The van der Waals surface area contributed by atoms with Crippen molar-refractivity contribution in [2.24, 2.45) is 0 Å². The van der Waals surface area contributed by atoms with Crippen molar-refractivity contribution >= 4 is 68.0 Å². The van der Waals surface area contributed by atoms with Crippen LogP contribution in [0.4, 0.5) is 18.9 Å². The SMILES string of the molecule is O=C(Nc1ccc(Cl)c(Cl)c1)c1nn2c(C(F)(F)F)cc(-c3ccc(Br)cc3)nc2c1Cl. The molecule has 0 radical (unpaired) electrons. The predicted octanol–water partition coefficient (Wildman–Crippen LogP) is 7.39. The zero-order chi connectivity index (χ0) is 23.2. The largest absolute Gasteiger partial charge is 0.433 e. The monoisotopic (exact) mass is 562 g/mol. The molecule has 4 rings (SSSR count). The second-order valence-corrected chi connectivity index (χ2v) is 8.62. The third kappa shape index (κ3) is 4.43. The molecule has 0 spiro atoms. The molecule has 0 atom stereocenters. The summed E-state index contributed by atoms with van der Waals surface area (Å²) >= 11 is 21.3. The number of aromatic nitrogens is 3. The Bertz CT molecular complexity index is 1360. The van der Waals surface area contributed by atoms with E-state index < -0.39 is 23.5 Å². The number of nitrogens with zero attached hydrogens (tertiary/aromatic N) is 3. The Hall–Kier alpha value is -2.33. The van der Waals surface area contributed by atoms with Gasteiger partial charge in [0.1, 0.15) is 5.02 Å². The third-order valence-corrected chi connectivity index (χ3v) is 5.97. The van der Waals surface area contributed by atoms with Crippen molar-refractivity contribution in [2.75, 3.05) is 5.32 Å². The average molecular weight is 565 g/mol. The van der Waals surface area contributed by atoms with Crippen molar-refractivity contribution in [3.05, 3.63) is 79.5 Å². The van der Waals surface area contributed by atoms with E-state index in [9.17, 15) is 18.0 Å². The van der Waals surface area contributed by atoms with Gasteiger partial charge in [0.25, 0.3) is 5.91 Å². The van der Waals surface area contributed by atoms with Gasteiger partial charge in [0.15, 0.2) is 17.0 Å². The fourth-order valence-corrected chi connectivity index (χ4v) is 3.68. The average Bonchev–Trinajstić information content (AvgIpc) is 3.06. The molecule has 32 heavy (non-hydrogen) atoms. The summed E-state index contributed by atoms with van der Waals surface area (Å²) in [5.41, 5.74) is -1.15. The lowest BCUT2D eigenvalue weighted by atomic mass is 10.1. The maximum Gasteiger partial charge on any atom is 0.433 e. The van der Waals surface area contributed by atoms with Crippen LogP contribution in [0.15, 0.2) is 53.0 Å². The highest BCUT2D eigenvalue weighted by Crippen LogP contribution is 2.35. The lowest BCUT2D eigenvalue weighted by Gasteiger charge is -2.11. The highest BCUT2D eigenvalue weighted by atomic mass is 79.9. The van der Waals surface area contributed by atoms with Crippen molar-refractivity contribution in [2.45, 2.75) is 6.18 Å². The van der Waals surface area contributed by atoms with Crippen LogP contribution < -0.4 is 5.32 Å². The van der Waals surface area contributed by atoms with Crippen LogP contribution in [-0.2, 0) is 6.18 Å². The highest BCUT2D eigenvalue weighted by molar-refractivity contribution is 9.10. The van der Waals surface area contributed by atoms with Crippen molar-refractivity contribution in [1.82, 2.24) is 14.6 Å². The van der Waals surface area contributed by atoms with Crippen LogP contribution in [0.2, 0.25) is 15.1 Å². The summed E-state index contributed by atoms with van der Waals surface area (Å²) < 4.78 is 42.6. The standard InChI is InChI=1S/C20H9BrCl3F3N4O/c21-10-3-1-9(2-4-10)14-8-15(20(25,26)27)31-18(29-14)16(24)17(30-31)19(32)28-11-5-6-12(22)13(23)7-11/h1-8H,(H,28,32). The van der Waals surface area contributed by atoms with Gasteiger partial charge in [-0.1, -0.05) is 62.9 Å². The number of rotatable bonds is 3. The first-order valence-corrected chi connectivity index (χ1v) is 10.7. The molecule has 0 unspecified atom stereocenters. The Balaban J connectivity index is 1.83. The number of hydrogen-bond acceptors (Lipinski definition) is 3. The first-order chi connectivity index (χ1) is 15.0. The minimum Gasteiger partial charge on any atom is -0.320 e. The summed E-state index contributed by atoms with van der Waals surface area (Å²) in [6, 6.07) is 11.7. The van der Waals surface area contributed by atoms with Crippen LogP contribution in [0.3, 0.4) is 0 Å². The summed E-state index contributed by atoms with van der Waals surface area (Å²) in [5, 5.41) is 6.40. The van der Waals surface area contributed by atoms with Gasteiger partial charge in [-0.05, 0) is 36.4 Å². The Morgan fingerprint density at radius 1 is 1.00 bits per heavy atom. The number of carbonyl (C=O) groups excluding carboxylic acids is 1. The summed E-state index contributed by atoms with van der Waals surface area (Å²) in [6.07, 6.45) is -4.78. The number of amides is 1. The number of benzene rings is 2. The smallest absolute Gasteiger partial charge is 0.320 e. The molecule has 0 aliphatic carbocycles. The van der Waals surface area contributed by atoms with Crippen LogP contribution in [-0.4, -0.2) is 20.5 Å². The lowest BCUT2D eigenvalue weighted by Crippen LogP contribution is -2.15. The van der Waals surface area contributed by atoms with Crippen LogP contribution in [0.25, 0.3) is 16.9 Å². The summed E-state index contributed by atoms with van der Waals surface area (Å²) in [6.45, 7) is 0. The Morgan fingerprint density at radius 2 is 1.69 bits per heavy atom. The molecule has 164 valence electrons. The summed E-state index contributed by atoms with van der Waals surface area (Å²) in [4.78, 5) is 16.9. The van der Waals surface area contributed by atoms with Gasteiger partial charge < -0.3 is 5.32 Å². The van der Waals surface area contributed by atoms with Gasteiger partial charge in [-0.2, -0.15) is 18.3 Å². The highest BCUT2D eigenvalue weighted by Gasteiger charge is 2.36. The number of fused-ring (bicyclic) bond motifs is 1. The van der Waals surface area contributed by atoms with E-state index in [4.69, 9.17) is 34.8 Å². The number of nitrogens with one attached hydrogen (secondary N) is 1. The molecule has 5 nitrogen and oxygen atoms in total. The summed E-state index contributed by atoms with van der Waals surface area (Å²) in [5.74, 6) is -0.836. The number of alkyl halides is 3. The van der Waals surface area contributed by atoms with Gasteiger partial charge >= 0.3 is 6.18 Å². The van der Waals surface area contributed by atoms with Crippen molar-refractivity contribution < 1.29 is 18.0 Å². The third-order valence-electron chi connectivity index (χ3n) is 4.36. The predicted molar refractivity (Wildman–Crippen MR) is 121 cm³/mol. The lowest BCUT2D eigenvalue weighted by molar-refractivity contribution is -0.142. The molecule has 0 aliphatic heterocycles. The fourth-order valence-electron chi connectivity index (χ4n) is 2.87. The number of carbonyl (C=O) groups is 1. The van der Waals surface area contributed by atoms with Gasteiger partial charge in [0.2, 0.25) is 0 Å². The van der Waals surface area contributed by atoms with E-state index in [1.54, 1.807) is 24.3 Å². The first kappa shape index (κ1) is 22.8. The van der Waals surface area contributed by atoms with E-state index in [1.165, 1.54) is 18.2 Å². The van der Waals surface area contributed by atoms with E-state index in [1.807, 2.05) is 0 Å². The molecule has 1 N–H and O–H groups in total. The van der Waals surface area contributed by atoms with E-state index in [2.05, 4.69) is 31.3 Å². The van der Waals surface area contributed by atoms with Crippen molar-refractivity contribution in [3.8, 4) is 11.3 Å². The van der Waals surface area contributed by atoms with E-state index in [0.29, 0.717) is 10.1 Å². The Kier molecular flexibility index (Phi) is 6.10. The van der Waals surface area contributed by atoms with Crippen molar-refractivity contribution in [1.29, 1.82) is 0 Å². The number of anilines is 1. The zero-order valence-corrected chi connectivity index (χ0v) is 19.4. The molecule has 4 aromatic rings. The van der Waals surface area contributed by atoms with Crippen LogP contribution >= 0.6 is 50.7 Å². The molecule has 12 heteroatoms. The molecule has 2 aromatic heterocycles. The quantitative estimate of drug-likeness (QED) is 0.282. The molecule has 1 amide bonds. The molecule has 2 aromatic carbocycles. The van der Waals surface area contributed by atoms with E-state index in [0.717, 1.165) is 10.5 Å². The molecule has 0 saturated carbocycles. The number of hydrogen-bond donors (Lipinski definition) is 1. The fraction of sp³-hybridized carbons (Fsp3) is 0.0500. The van der Waals surface area contributed by atoms with Crippen LogP contribution in [0.1, 0.15) is 16.2 Å². The second-order valence-electron chi connectivity index (χ2n) is 6.51. The van der Waals surface area contributed by atoms with Gasteiger partial charge in [-0.25, -0.2) is 9.50 Å². The molecule has 0 bridgehead atoms. The molecule has 2 heterocycles. The van der Waals surface area contributed by atoms with Crippen LogP contribution in [0, 0.1) is 0 Å². The second kappa shape index (κ2) is 8.55. The molecule has 0 saturated heterocycles. The zero-order valence-electron chi connectivity index (χ0n) is 15.5. The normalized spacial score (nSPS) is 11.7. The Labute approximate surface area is 202 Å². The minimum absolute atomic E-state index is 0.0237. The van der Waals surface area contributed by atoms with E-state index in [-0.39, 0.29) is 32.1 Å². The van der Waals surface area contributed by atoms with Gasteiger partial charge in [0, 0.05) is 15.7 Å². The maximum atomic E-state index is 13.8. The topological polar surface area (TPSA) is 59.3 Å². The van der Waals surface area contributed by atoms with Crippen LogP contribution in [0.5, 0.6) is 0 Å². The Morgan fingerprint density at radius 3 is 2.31 bits per heavy atom. The minimum atomic E-state index is -4.78. The maximum absolute atomic E-state index is 13.8. The van der Waals surface area contributed by atoms with Gasteiger partial charge in [-0.3, -0.25) is 4.79 Å². The van der Waals surface area contributed by atoms with Gasteiger partial charge in [-0.15, -0.1) is 0 Å². The molecular weight excluding hydrogens is 556 g/mol. The first-order valence-electron chi connectivity index (χ1n) is 8.73. The van der Waals surface area contributed by atoms with E-state index >= 15 is 0 Å². The molecular formula is C20H9BrCl3F3N4O. The van der Waals surface area contributed by atoms with Gasteiger partial charge in [0.05, 0.1) is 15.7 Å². The molecule has 0 aliphatic rings.